The van der Waals surface area contributed by atoms with Gasteiger partial charge in [-0.3, -0.25) is 4.79 Å². The van der Waals surface area contributed by atoms with Crippen molar-refractivity contribution in [1.82, 2.24) is 9.78 Å². The summed E-state index contributed by atoms with van der Waals surface area (Å²) in [6, 6.07) is 22.2. The van der Waals surface area contributed by atoms with Gasteiger partial charge in [-0.1, -0.05) is 47.1 Å². The molecule has 0 bridgehead atoms. The number of hydrogen-bond acceptors (Lipinski definition) is 4. The zero-order valence-electron chi connectivity index (χ0n) is 17.1. The van der Waals surface area contributed by atoms with E-state index in [2.05, 4.69) is 10.4 Å². The molecule has 0 aliphatic heterocycles. The molecular formula is C24H19Cl2N3O2S. The quantitative estimate of drug-likeness (QED) is 0.309. The average Bonchev–Trinajstić information content (AvgIpc) is 3.25. The Morgan fingerprint density at radius 2 is 1.78 bits per heavy atom. The van der Waals surface area contributed by atoms with Gasteiger partial charge in [0.25, 0.3) is 5.91 Å². The summed E-state index contributed by atoms with van der Waals surface area (Å²) in [5.74, 6) is 0.416. The van der Waals surface area contributed by atoms with E-state index < -0.39 is 0 Å². The van der Waals surface area contributed by atoms with Gasteiger partial charge in [0.2, 0.25) is 0 Å². The summed E-state index contributed by atoms with van der Waals surface area (Å²) in [6.07, 6.45) is 1.70. The van der Waals surface area contributed by atoms with E-state index in [1.54, 1.807) is 34.8 Å². The number of carbonyl (C=O) groups is 1. The molecule has 1 amide bonds. The molecule has 0 aliphatic rings. The zero-order chi connectivity index (χ0) is 22.5. The van der Waals surface area contributed by atoms with Crippen LogP contribution in [0.15, 0.2) is 88.8 Å². The van der Waals surface area contributed by atoms with E-state index in [0.29, 0.717) is 27.2 Å². The van der Waals surface area contributed by atoms with Crippen LogP contribution in [-0.2, 0) is 6.73 Å². The van der Waals surface area contributed by atoms with Crippen molar-refractivity contribution in [2.24, 2.45) is 0 Å². The summed E-state index contributed by atoms with van der Waals surface area (Å²) in [6.45, 7) is 2.10. The monoisotopic (exact) mass is 483 g/mol. The number of para-hydroxylation sites is 1. The van der Waals surface area contributed by atoms with Gasteiger partial charge in [0.1, 0.15) is 5.75 Å². The molecule has 1 aromatic heterocycles. The number of rotatable bonds is 7. The fourth-order valence-corrected chi connectivity index (χ4v) is 4.19. The Labute approximate surface area is 200 Å². The maximum absolute atomic E-state index is 12.8. The molecule has 4 rings (SSSR count). The van der Waals surface area contributed by atoms with Crippen LogP contribution in [0.5, 0.6) is 5.75 Å². The molecule has 0 radical (unpaired) electrons. The molecule has 1 N–H and O–H groups in total. The molecule has 5 nitrogen and oxygen atoms in total. The Bertz CT molecular complexity index is 1240. The molecule has 0 saturated heterocycles. The lowest BCUT2D eigenvalue weighted by Crippen LogP contribution is -2.14. The molecule has 3 aromatic carbocycles. The molecule has 0 fully saturated rings. The highest BCUT2D eigenvalue weighted by molar-refractivity contribution is 7.99. The normalized spacial score (nSPS) is 10.7. The second-order valence-electron chi connectivity index (χ2n) is 6.93. The molecule has 0 unspecified atom stereocenters. The van der Waals surface area contributed by atoms with Crippen molar-refractivity contribution in [3.05, 3.63) is 100 Å². The molecule has 0 spiro atoms. The second kappa shape index (κ2) is 10.1. The highest BCUT2D eigenvalue weighted by Gasteiger charge is 2.13. The van der Waals surface area contributed by atoms with Crippen LogP contribution >= 0.6 is 35.0 Å². The Balaban J connectivity index is 1.41. The van der Waals surface area contributed by atoms with Gasteiger partial charge in [0.05, 0.1) is 5.69 Å². The van der Waals surface area contributed by atoms with Crippen LogP contribution in [0.3, 0.4) is 0 Å². The third-order valence-electron chi connectivity index (χ3n) is 4.54. The molecular weight excluding hydrogens is 465 g/mol. The van der Waals surface area contributed by atoms with Crippen LogP contribution in [0.1, 0.15) is 16.1 Å². The Kier molecular flexibility index (Phi) is 7.05. The van der Waals surface area contributed by atoms with Gasteiger partial charge >= 0.3 is 0 Å². The number of anilines is 1. The highest BCUT2D eigenvalue weighted by atomic mass is 35.5. The number of hydrogen-bond donors (Lipinski definition) is 1. The standard InChI is InChI=1S/C24H19Cl2N3O2S/c1-16-14-18(26)8-11-22(16)31-15-29-13-12-21(28-29)24(30)27-20-4-2-3-5-23(20)32-19-9-6-17(25)7-10-19/h2-14H,15H2,1H3,(H,27,30). The van der Waals surface area contributed by atoms with Crippen LogP contribution in [0.2, 0.25) is 10.0 Å². The van der Waals surface area contributed by atoms with Crippen molar-refractivity contribution in [3.63, 3.8) is 0 Å². The summed E-state index contributed by atoms with van der Waals surface area (Å²) in [4.78, 5) is 14.7. The van der Waals surface area contributed by atoms with Crippen molar-refractivity contribution in [3.8, 4) is 5.75 Å². The summed E-state index contributed by atoms with van der Waals surface area (Å²) >= 11 is 13.5. The Hall–Kier alpha value is -2.93. The predicted molar refractivity (Wildman–Crippen MR) is 129 cm³/mol. The Morgan fingerprint density at radius 3 is 2.56 bits per heavy atom. The Morgan fingerprint density at radius 1 is 1.03 bits per heavy atom. The van der Waals surface area contributed by atoms with E-state index in [-0.39, 0.29) is 12.6 Å². The molecule has 162 valence electrons. The molecule has 4 aromatic rings. The van der Waals surface area contributed by atoms with Gasteiger partial charge in [-0.15, -0.1) is 0 Å². The van der Waals surface area contributed by atoms with Crippen LogP contribution < -0.4 is 10.1 Å². The minimum atomic E-state index is -0.296. The van der Waals surface area contributed by atoms with Crippen molar-refractivity contribution in [2.45, 2.75) is 23.4 Å². The van der Waals surface area contributed by atoms with E-state index in [9.17, 15) is 4.79 Å². The fourth-order valence-electron chi connectivity index (χ4n) is 2.94. The fraction of sp³-hybridized carbons (Fsp3) is 0.0833. The van der Waals surface area contributed by atoms with Gasteiger partial charge in [-0.2, -0.15) is 5.10 Å². The zero-order valence-corrected chi connectivity index (χ0v) is 19.4. The number of aromatic nitrogens is 2. The molecule has 32 heavy (non-hydrogen) atoms. The van der Waals surface area contributed by atoms with Crippen LogP contribution in [0, 0.1) is 6.92 Å². The van der Waals surface area contributed by atoms with Crippen molar-refractivity contribution in [2.75, 3.05) is 5.32 Å². The minimum Gasteiger partial charge on any atom is -0.471 e. The van der Waals surface area contributed by atoms with Gasteiger partial charge in [0.15, 0.2) is 12.4 Å². The molecule has 0 saturated carbocycles. The summed E-state index contributed by atoms with van der Waals surface area (Å²) in [5, 5.41) is 8.61. The summed E-state index contributed by atoms with van der Waals surface area (Å²) < 4.78 is 7.35. The summed E-state index contributed by atoms with van der Waals surface area (Å²) in [5.41, 5.74) is 1.94. The third kappa shape index (κ3) is 5.65. The van der Waals surface area contributed by atoms with Gasteiger partial charge in [0, 0.05) is 26.0 Å². The lowest BCUT2D eigenvalue weighted by Gasteiger charge is -2.10. The van der Waals surface area contributed by atoms with Crippen LogP contribution in [0.4, 0.5) is 5.69 Å². The van der Waals surface area contributed by atoms with E-state index in [1.165, 1.54) is 0 Å². The number of amides is 1. The van der Waals surface area contributed by atoms with Gasteiger partial charge in [-0.25, -0.2) is 4.68 Å². The van der Waals surface area contributed by atoms with Crippen molar-refractivity contribution >= 4 is 46.6 Å². The lowest BCUT2D eigenvalue weighted by molar-refractivity contribution is 0.102. The number of nitrogens with zero attached hydrogens (tertiary/aromatic N) is 2. The first kappa shape index (κ1) is 22.3. The van der Waals surface area contributed by atoms with Crippen molar-refractivity contribution < 1.29 is 9.53 Å². The maximum atomic E-state index is 12.8. The van der Waals surface area contributed by atoms with E-state index in [0.717, 1.165) is 15.4 Å². The van der Waals surface area contributed by atoms with Crippen LogP contribution in [0.25, 0.3) is 0 Å². The van der Waals surface area contributed by atoms with E-state index in [4.69, 9.17) is 27.9 Å². The first-order valence-electron chi connectivity index (χ1n) is 9.74. The van der Waals surface area contributed by atoms with E-state index in [1.807, 2.05) is 67.6 Å². The summed E-state index contributed by atoms with van der Waals surface area (Å²) in [7, 11) is 0. The average molecular weight is 484 g/mol. The topological polar surface area (TPSA) is 56.1 Å². The number of halogens is 2. The number of nitrogens with one attached hydrogen (secondary N) is 1. The SMILES string of the molecule is Cc1cc(Cl)ccc1OCn1ccc(C(=O)Nc2ccccc2Sc2ccc(Cl)cc2)n1. The molecule has 0 aliphatic carbocycles. The molecule has 1 heterocycles. The van der Waals surface area contributed by atoms with Gasteiger partial charge < -0.3 is 10.1 Å². The lowest BCUT2D eigenvalue weighted by atomic mass is 10.2. The smallest absolute Gasteiger partial charge is 0.276 e. The number of carbonyl (C=O) groups excluding carboxylic acids is 1. The first-order chi connectivity index (χ1) is 15.5. The molecule has 8 heteroatoms. The third-order valence-corrected chi connectivity index (χ3v) is 6.11. The first-order valence-corrected chi connectivity index (χ1v) is 11.3. The number of aryl methyl sites for hydroxylation is 1. The number of ether oxygens (including phenoxy) is 1. The predicted octanol–water partition coefficient (Wildman–Crippen LogP) is 6.94. The van der Waals surface area contributed by atoms with E-state index >= 15 is 0 Å². The largest absolute Gasteiger partial charge is 0.471 e. The molecule has 0 atom stereocenters. The minimum absolute atomic E-state index is 0.179. The second-order valence-corrected chi connectivity index (χ2v) is 8.92. The van der Waals surface area contributed by atoms with Gasteiger partial charge in [-0.05, 0) is 73.2 Å². The highest BCUT2D eigenvalue weighted by Crippen LogP contribution is 2.34. The van der Waals surface area contributed by atoms with Crippen molar-refractivity contribution in [1.29, 1.82) is 0 Å². The van der Waals surface area contributed by atoms with Crippen LogP contribution in [-0.4, -0.2) is 15.7 Å². The number of benzene rings is 3. The maximum Gasteiger partial charge on any atom is 0.276 e.